The van der Waals surface area contributed by atoms with Crippen molar-refractivity contribution < 1.29 is 8.42 Å². The summed E-state index contributed by atoms with van der Waals surface area (Å²) in [5.74, 6) is 0. The van der Waals surface area contributed by atoms with Crippen LogP contribution in [0.25, 0.3) is 0 Å². The minimum atomic E-state index is -3.72. The van der Waals surface area contributed by atoms with E-state index in [1.165, 1.54) is 12.3 Å². The zero-order valence-electron chi connectivity index (χ0n) is 11.3. The predicted molar refractivity (Wildman–Crippen MR) is 86.7 cm³/mol. The van der Waals surface area contributed by atoms with E-state index in [2.05, 4.69) is 25.6 Å². The van der Waals surface area contributed by atoms with E-state index >= 15 is 0 Å². The maximum absolute atomic E-state index is 12.4. The van der Waals surface area contributed by atoms with E-state index < -0.39 is 10.0 Å². The van der Waals surface area contributed by atoms with Gasteiger partial charge in [-0.2, -0.15) is 0 Å². The Hall–Kier alpha value is -0.950. The summed E-state index contributed by atoms with van der Waals surface area (Å²) in [7, 11) is -3.72. The molecule has 21 heavy (non-hydrogen) atoms. The van der Waals surface area contributed by atoms with Crippen LogP contribution in [0.1, 0.15) is 24.9 Å². The Labute approximate surface area is 137 Å². The van der Waals surface area contributed by atoms with E-state index in [0.29, 0.717) is 6.42 Å². The third kappa shape index (κ3) is 4.03. The Morgan fingerprint density at radius 1 is 1.29 bits per heavy atom. The zero-order valence-corrected chi connectivity index (χ0v) is 14.4. The quantitative estimate of drug-likeness (QED) is 0.788. The van der Waals surface area contributed by atoms with Crippen LogP contribution in [0, 0.1) is 0 Å². The van der Waals surface area contributed by atoms with E-state index in [1.807, 2.05) is 31.2 Å². The molecule has 0 radical (unpaired) electrons. The smallest absolute Gasteiger partial charge is 0.243 e. The number of pyridine rings is 1. The van der Waals surface area contributed by atoms with Crippen molar-refractivity contribution in [1.82, 2.24) is 9.71 Å². The molecular formula is C14H14BrClN2O2S. The van der Waals surface area contributed by atoms with Crippen LogP contribution in [-0.4, -0.2) is 13.4 Å². The number of rotatable bonds is 5. The van der Waals surface area contributed by atoms with Gasteiger partial charge in [-0.3, -0.25) is 0 Å². The van der Waals surface area contributed by atoms with Crippen molar-refractivity contribution in [1.29, 1.82) is 0 Å². The highest BCUT2D eigenvalue weighted by Gasteiger charge is 2.22. The Morgan fingerprint density at radius 2 is 1.95 bits per heavy atom. The molecule has 0 spiro atoms. The molecule has 1 atom stereocenters. The van der Waals surface area contributed by atoms with Crippen molar-refractivity contribution in [2.45, 2.75) is 24.3 Å². The Kier molecular flexibility index (Phi) is 5.37. The molecule has 0 aliphatic rings. The number of nitrogens with zero attached hydrogens (tertiary/aromatic N) is 1. The highest BCUT2D eigenvalue weighted by Crippen LogP contribution is 2.24. The molecule has 0 aliphatic heterocycles. The number of hydrogen-bond donors (Lipinski definition) is 1. The molecule has 0 fully saturated rings. The second-order valence-corrected chi connectivity index (χ2v) is 7.38. The summed E-state index contributed by atoms with van der Waals surface area (Å²) in [5, 5.41) is -0.0318. The van der Waals surface area contributed by atoms with Gasteiger partial charge >= 0.3 is 0 Å². The van der Waals surface area contributed by atoms with Crippen LogP contribution >= 0.6 is 27.5 Å². The molecule has 4 nitrogen and oxygen atoms in total. The highest BCUT2D eigenvalue weighted by molar-refractivity contribution is 9.10. The van der Waals surface area contributed by atoms with Gasteiger partial charge in [0.15, 0.2) is 0 Å². The first-order valence-electron chi connectivity index (χ1n) is 6.32. The Morgan fingerprint density at radius 3 is 2.52 bits per heavy atom. The van der Waals surface area contributed by atoms with E-state index in [4.69, 9.17) is 11.6 Å². The van der Waals surface area contributed by atoms with Gasteiger partial charge in [-0.15, -0.1) is 0 Å². The third-order valence-electron chi connectivity index (χ3n) is 2.99. The molecule has 0 aliphatic carbocycles. The first kappa shape index (κ1) is 16.4. The fraction of sp³-hybridized carbons (Fsp3) is 0.214. The molecule has 1 heterocycles. The second-order valence-electron chi connectivity index (χ2n) is 4.43. The molecule has 0 saturated heterocycles. The lowest BCUT2D eigenvalue weighted by Gasteiger charge is -2.18. The van der Waals surface area contributed by atoms with Crippen molar-refractivity contribution in [2.75, 3.05) is 0 Å². The van der Waals surface area contributed by atoms with Gasteiger partial charge in [0.25, 0.3) is 0 Å². The van der Waals surface area contributed by atoms with Crippen LogP contribution in [0.5, 0.6) is 0 Å². The molecule has 1 N–H and O–H groups in total. The van der Waals surface area contributed by atoms with Gasteiger partial charge in [-0.05, 0) is 36.2 Å². The monoisotopic (exact) mass is 388 g/mol. The molecule has 1 aromatic carbocycles. The topological polar surface area (TPSA) is 59.1 Å². The maximum atomic E-state index is 12.4. The fourth-order valence-corrected chi connectivity index (χ4v) is 3.93. The SMILES string of the molecule is CCC(NS(=O)(=O)c1cccnc1Cl)c1ccc(Br)cc1. The zero-order chi connectivity index (χ0) is 15.5. The molecule has 2 rings (SSSR count). The lowest BCUT2D eigenvalue weighted by molar-refractivity contribution is 0.550. The predicted octanol–water partition coefficient (Wildman–Crippen LogP) is 3.93. The van der Waals surface area contributed by atoms with Crippen molar-refractivity contribution in [2.24, 2.45) is 0 Å². The Bertz CT molecular complexity index is 720. The largest absolute Gasteiger partial charge is 0.244 e. The summed E-state index contributed by atoms with van der Waals surface area (Å²) in [6, 6.07) is 10.2. The number of nitrogens with one attached hydrogen (secondary N) is 1. The average molecular weight is 390 g/mol. The average Bonchev–Trinajstić information content (AvgIpc) is 2.46. The highest BCUT2D eigenvalue weighted by atomic mass is 79.9. The van der Waals surface area contributed by atoms with E-state index in [1.54, 1.807) is 6.07 Å². The summed E-state index contributed by atoms with van der Waals surface area (Å²) in [6.45, 7) is 1.92. The molecule has 1 unspecified atom stereocenters. The van der Waals surface area contributed by atoms with Gasteiger partial charge in [-0.1, -0.05) is 46.6 Å². The molecule has 0 bridgehead atoms. The number of sulfonamides is 1. The lowest BCUT2D eigenvalue weighted by Crippen LogP contribution is -2.28. The summed E-state index contributed by atoms with van der Waals surface area (Å²) in [5.41, 5.74) is 0.893. The summed E-state index contributed by atoms with van der Waals surface area (Å²) < 4.78 is 28.4. The van der Waals surface area contributed by atoms with Crippen molar-refractivity contribution >= 4 is 37.6 Å². The standard InChI is InChI=1S/C14H14BrClN2O2S/c1-2-12(10-5-7-11(15)8-6-10)18-21(19,20)13-4-3-9-17-14(13)16/h3-9,12,18H,2H2,1H3. The van der Waals surface area contributed by atoms with Gasteiger partial charge in [0.2, 0.25) is 10.0 Å². The number of halogens is 2. The number of hydrogen-bond acceptors (Lipinski definition) is 3. The Balaban J connectivity index is 2.30. The summed E-state index contributed by atoms with van der Waals surface area (Å²) in [6.07, 6.45) is 2.08. The first-order chi connectivity index (χ1) is 9.94. The minimum Gasteiger partial charge on any atom is -0.243 e. The molecule has 112 valence electrons. The van der Waals surface area contributed by atoms with E-state index in [0.717, 1.165) is 10.0 Å². The van der Waals surface area contributed by atoms with Crippen LogP contribution in [-0.2, 0) is 10.0 Å². The van der Waals surface area contributed by atoms with E-state index in [-0.39, 0.29) is 16.1 Å². The van der Waals surface area contributed by atoms with Gasteiger partial charge in [0.1, 0.15) is 10.0 Å². The number of benzene rings is 1. The lowest BCUT2D eigenvalue weighted by atomic mass is 10.1. The molecule has 7 heteroatoms. The van der Waals surface area contributed by atoms with Crippen molar-refractivity contribution in [3.63, 3.8) is 0 Å². The molecule has 1 aromatic heterocycles. The first-order valence-corrected chi connectivity index (χ1v) is 8.97. The van der Waals surface area contributed by atoms with E-state index in [9.17, 15) is 8.42 Å². The maximum Gasteiger partial charge on any atom is 0.244 e. The molecule has 0 saturated carbocycles. The molecule has 0 amide bonds. The van der Waals surface area contributed by atoms with Gasteiger partial charge < -0.3 is 0 Å². The summed E-state index contributed by atoms with van der Waals surface area (Å²) in [4.78, 5) is 3.79. The molecular weight excluding hydrogens is 376 g/mol. The van der Waals surface area contributed by atoms with Crippen LogP contribution in [0.15, 0.2) is 52.0 Å². The van der Waals surface area contributed by atoms with Crippen LogP contribution in [0.2, 0.25) is 5.15 Å². The van der Waals surface area contributed by atoms with Crippen LogP contribution < -0.4 is 4.72 Å². The fourth-order valence-electron chi connectivity index (χ4n) is 1.90. The normalized spacial score (nSPS) is 13.1. The van der Waals surface area contributed by atoms with Crippen molar-refractivity contribution in [3.8, 4) is 0 Å². The molecule has 2 aromatic rings. The summed E-state index contributed by atoms with van der Waals surface area (Å²) >= 11 is 9.23. The third-order valence-corrected chi connectivity index (χ3v) is 5.44. The van der Waals surface area contributed by atoms with Crippen LogP contribution in [0.3, 0.4) is 0 Å². The van der Waals surface area contributed by atoms with Crippen molar-refractivity contribution in [3.05, 3.63) is 57.8 Å². The van der Waals surface area contributed by atoms with Gasteiger partial charge in [0, 0.05) is 16.7 Å². The minimum absolute atomic E-state index is 0.0118. The van der Waals surface area contributed by atoms with Crippen LogP contribution in [0.4, 0.5) is 0 Å². The van der Waals surface area contributed by atoms with Gasteiger partial charge in [-0.25, -0.2) is 18.1 Å². The van der Waals surface area contributed by atoms with Gasteiger partial charge in [0.05, 0.1) is 0 Å². The number of aromatic nitrogens is 1. The second kappa shape index (κ2) is 6.87.